The summed E-state index contributed by atoms with van der Waals surface area (Å²) in [5.74, 6) is 0.969. The predicted molar refractivity (Wildman–Crippen MR) is 126 cm³/mol. The van der Waals surface area contributed by atoms with Gasteiger partial charge in [0.1, 0.15) is 12.4 Å². The van der Waals surface area contributed by atoms with E-state index in [0.717, 1.165) is 62.8 Å². The molecule has 0 aliphatic carbocycles. The Balaban J connectivity index is 1.14. The fourth-order valence-electron chi connectivity index (χ4n) is 4.04. The van der Waals surface area contributed by atoms with Crippen molar-refractivity contribution < 1.29 is 14.3 Å². The fraction of sp³-hybridized carbons (Fsp3) is 0.417. The van der Waals surface area contributed by atoms with Gasteiger partial charge in [-0.1, -0.05) is 11.6 Å². The van der Waals surface area contributed by atoms with Gasteiger partial charge in [-0.15, -0.1) is 0 Å². The molecule has 2 amide bonds. The summed E-state index contributed by atoms with van der Waals surface area (Å²) in [4.78, 5) is 30.6. The summed E-state index contributed by atoms with van der Waals surface area (Å²) < 4.78 is 5.77. The number of nitrogens with one attached hydrogen (secondary N) is 1. The summed E-state index contributed by atoms with van der Waals surface area (Å²) in [7, 11) is 0. The van der Waals surface area contributed by atoms with Gasteiger partial charge in [-0.25, -0.2) is 0 Å². The normalized spacial score (nSPS) is 17.5. The molecule has 4 rings (SSSR count). The SMILES string of the molecule is O=C(CN1CCN(CCOc2ccc(Cl)cc2)CC1)Nc1ccc(N2CCCC2=O)cc1. The average Bonchev–Trinajstić information content (AvgIpc) is 3.23. The van der Waals surface area contributed by atoms with Crippen LogP contribution in [-0.4, -0.2) is 74.0 Å². The lowest BCUT2D eigenvalue weighted by Crippen LogP contribution is -2.49. The number of anilines is 2. The van der Waals surface area contributed by atoms with Gasteiger partial charge in [-0.3, -0.25) is 19.4 Å². The van der Waals surface area contributed by atoms with Gasteiger partial charge >= 0.3 is 0 Å². The molecule has 0 saturated carbocycles. The van der Waals surface area contributed by atoms with Crippen LogP contribution in [0.1, 0.15) is 12.8 Å². The van der Waals surface area contributed by atoms with E-state index in [-0.39, 0.29) is 11.8 Å². The molecule has 1 N–H and O–H groups in total. The molecule has 2 aliphatic rings. The van der Waals surface area contributed by atoms with Crippen molar-refractivity contribution in [3.8, 4) is 5.75 Å². The Morgan fingerprint density at radius 3 is 2.28 bits per heavy atom. The van der Waals surface area contributed by atoms with Crippen LogP contribution in [-0.2, 0) is 9.59 Å². The average molecular weight is 457 g/mol. The van der Waals surface area contributed by atoms with Crippen LogP contribution in [0, 0.1) is 0 Å². The molecule has 0 unspecified atom stereocenters. The number of benzene rings is 2. The van der Waals surface area contributed by atoms with Crippen molar-refractivity contribution in [2.24, 2.45) is 0 Å². The first-order valence-corrected chi connectivity index (χ1v) is 11.5. The lowest BCUT2D eigenvalue weighted by Gasteiger charge is -2.34. The minimum atomic E-state index is -0.0190. The Labute approximate surface area is 193 Å². The summed E-state index contributed by atoms with van der Waals surface area (Å²) >= 11 is 5.89. The Hall–Kier alpha value is -2.61. The highest BCUT2D eigenvalue weighted by Crippen LogP contribution is 2.23. The molecule has 2 fully saturated rings. The van der Waals surface area contributed by atoms with Crippen LogP contribution in [0.2, 0.25) is 5.02 Å². The van der Waals surface area contributed by atoms with Gasteiger partial charge in [0.15, 0.2) is 0 Å². The van der Waals surface area contributed by atoms with Crippen LogP contribution in [0.5, 0.6) is 5.75 Å². The van der Waals surface area contributed by atoms with E-state index in [9.17, 15) is 9.59 Å². The van der Waals surface area contributed by atoms with E-state index in [2.05, 4.69) is 15.1 Å². The smallest absolute Gasteiger partial charge is 0.238 e. The lowest BCUT2D eigenvalue weighted by molar-refractivity contribution is -0.118. The number of carbonyl (C=O) groups is 2. The van der Waals surface area contributed by atoms with Crippen molar-refractivity contribution >= 4 is 34.8 Å². The molecule has 0 atom stereocenters. The molecule has 0 spiro atoms. The Kier molecular flexibility index (Phi) is 7.63. The molecule has 0 bridgehead atoms. The number of carbonyl (C=O) groups excluding carboxylic acids is 2. The summed E-state index contributed by atoms with van der Waals surface area (Å²) in [6.45, 7) is 6.15. The minimum absolute atomic E-state index is 0.0190. The Morgan fingerprint density at radius 2 is 1.62 bits per heavy atom. The van der Waals surface area contributed by atoms with E-state index in [1.165, 1.54) is 0 Å². The highest BCUT2D eigenvalue weighted by Gasteiger charge is 2.22. The van der Waals surface area contributed by atoms with Gasteiger partial charge in [-0.2, -0.15) is 0 Å². The maximum absolute atomic E-state index is 12.4. The quantitative estimate of drug-likeness (QED) is 0.661. The lowest BCUT2D eigenvalue weighted by atomic mass is 10.2. The highest BCUT2D eigenvalue weighted by atomic mass is 35.5. The molecule has 2 heterocycles. The zero-order valence-corrected chi connectivity index (χ0v) is 18.9. The molecule has 32 heavy (non-hydrogen) atoms. The molecule has 0 radical (unpaired) electrons. The van der Waals surface area contributed by atoms with Crippen molar-refractivity contribution in [1.29, 1.82) is 0 Å². The fourth-order valence-corrected chi connectivity index (χ4v) is 4.17. The Bertz CT molecular complexity index is 912. The van der Waals surface area contributed by atoms with Crippen molar-refractivity contribution in [3.05, 3.63) is 53.6 Å². The second-order valence-electron chi connectivity index (χ2n) is 8.16. The van der Waals surface area contributed by atoms with E-state index >= 15 is 0 Å². The first-order chi connectivity index (χ1) is 15.6. The van der Waals surface area contributed by atoms with Crippen LogP contribution in [0.3, 0.4) is 0 Å². The number of ether oxygens (including phenoxy) is 1. The number of hydrogen-bond acceptors (Lipinski definition) is 5. The summed E-state index contributed by atoms with van der Waals surface area (Å²) in [6.07, 6.45) is 1.51. The van der Waals surface area contributed by atoms with Gasteiger partial charge in [0.2, 0.25) is 11.8 Å². The molecule has 2 aromatic carbocycles. The van der Waals surface area contributed by atoms with Crippen molar-refractivity contribution in [3.63, 3.8) is 0 Å². The molecular formula is C24H29ClN4O3. The van der Waals surface area contributed by atoms with Crippen LogP contribution >= 0.6 is 11.6 Å². The summed E-state index contributed by atoms with van der Waals surface area (Å²) in [5, 5.41) is 3.66. The van der Waals surface area contributed by atoms with Gasteiger partial charge in [0.05, 0.1) is 6.54 Å². The number of rotatable bonds is 8. The van der Waals surface area contributed by atoms with Crippen LogP contribution in [0.15, 0.2) is 48.5 Å². The topological polar surface area (TPSA) is 65.1 Å². The standard InChI is InChI=1S/C24H29ClN4O3/c25-19-3-9-22(10-4-19)32-17-16-27-12-14-28(15-13-27)18-23(30)26-20-5-7-21(8-6-20)29-11-1-2-24(29)31/h3-10H,1-2,11-18H2,(H,26,30). The largest absolute Gasteiger partial charge is 0.492 e. The van der Waals surface area contributed by atoms with Gasteiger partial charge in [-0.05, 0) is 55.0 Å². The molecule has 8 heteroatoms. The number of amides is 2. The second-order valence-corrected chi connectivity index (χ2v) is 8.60. The van der Waals surface area contributed by atoms with E-state index in [0.29, 0.717) is 24.6 Å². The number of halogens is 1. The molecule has 170 valence electrons. The highest BCUT2D eigenvalue weighted by molar-refractivity contribution is 6.30. The van der Waals surface area contributed by atoms with Crippen molar-refractivity contribution in [2.45, 2.75) is 12.8 Å². The first kappa shape index (κ1) is 22.6. The summed E-state index contributed by atoms with van der Waals surface area (Å²) in [5.41, 5.74) is 1.64. The first-order valence-electron chi connectivity index (χ1n) is 11.1. The van der Waals surface area contributed by atoms with Gasteiger partial charge in [0, 0.05) is 62.1 Å². The molecule has 2 aliphatic heterocycles. The van der Waals surface area contributed by atoms with Crippen molar-refractivity contribution in [1.82, 2.24) is 9.80 Å². The monoisotopic (exact) mass is 456 g/mol. The van der Waals surface area contributed by atoms with Gasteiger partial charge < -0.3 is 15.0 Å². The van der Waals surface area contributed by atoms with Crippen molar-refractivity contribution in [2.75, 3.05) is 62.6 Å². The maximum Gasteiger partial charge on any atom is 0.238 e. The van der Waals surface area contributed by atoms with Crippen LogP contribution < -0.4 is 15.0 Å². The summed E-state index contributed by atoms with van der Waals surface area (Å²) in [6, 6.07) is 14.9. The minimum Gasteiger partial charge on any atom is -0.492 e. The van der Waals surface area contributed by atoms with Gasteiger partial charge in [0.25, 0.3) is 0 Å². The molecule has 7 nitrogen and oxygen atoms in total. The molecular weight excluding hydrogens is 428 g/mol. The maximum atomic E-state index is 12.4. The van der Waals surface area contributed by atoms with Crippen LogP contribution in [0.4, 0.5) is 11.4 Å². The van der Waals surface area contributed by atoms with E-state index in [1.54, 1.807) is 4.90 Å². The number of nitrogens with zero attached hydrogens (tertiary/aromatic N) is 3. The van der Waals surface area contributed by atoms with E-state index in [1.807, 2.05) is 48.5 Å². The predicted octanol–water partition coefficient (Wildman–Crippen LogP) is 3.10. The van der Waals surface area contributed by atoms with Crippen LogP contribution in [0.25, 0.3) is 0 Å². The molecule has 0 aromatic heterocycles. The third-order valence-electron chi connectivity index (χ3n) is 5.86. The third kappa shape index (κ3) is 6.22. The zero-order valence-electron chi connectivity index (χ0n) is 18.1. The molecule has 2 saturated heterocycles. The third-order valence-corrected chi connectivity index (χ3v) is 6.11. The zero-order chi connectivity index (χ0) is 22.3. The second kappa shape index (κ2) is 10.8. The Morgan fingerprint density at radius 1 is 0.938 bits per heavy atom. The molecule has 2 aromatic rings. The van der Waals surface area contributed by atoms with E-state index < -0.39 is 0 Å². The number of piperazine rings is 1. The van der Waals surface area contributed by atoms with E-state index in [4.69, 9.17) is 16.3 Å². The number of hydrogen-bond donors (Lipinski definition) is 1.